The monoisotopic (exact) mass is 539 g/mol. The molecule has 7 nitrogen and oxygen atoms in total. The van der Waals surface area contributed by atoms with Gasteiger partial charge in [0.15, 0.2) is 15.7 Å². The Balaban J connectivity index is 1.79. The Labute approximate surface area is 198 Å². The summed E-state index contributed by atoms with van der Waals surface area (Å²) in [4.78, 5) is 13.1. The number of nitrogens with two attached hydrogens (primary N) is 1. The molecule has 32 heavy (non-hydrogen) atoms. The van der Waals surface area contributed by atoms with Gasteiger partial charge in [-0.3, -0.25) is 9.98 Å². The van der Waals surface area contributed by atoms with Crippen molar-refractivity contribution in [3.05, 3.63) is 57.5 Å². The number of hydrogen-bond acceptors (Lipinski definition) is 7. The molecule has 1 atom stereocenters. The van der Waals surface area contributed by atoms with Gasteiger partial charge in [0, 0.05) is 33.5 Å². The van der Waals surface area contributed by atoms with Crippen LogP contribution in [0.1, 0.15) is 26.3 Å². The number of aromatic nitrogens is 2. The molecule has 0 bridgehead atoms. The zero-order chi connectivity index (χ0) is 23.5. The van der Waals surface area contributed by atoms with Gasteiger partial charge in [-0.2, -0.15) is 0 Å². The van der Waals surface area contributed by atoms with Crippen LogP contribution in [0.25, 0.3) is 10.9 Å². The second kappa shape index (κ2) is 7.64. The van der Waals surface area contributed by atoms with Crippen molar-refractivity contribution in [1.29, 1.82) is 0 Å². The van der Waals surface area contributed by atoms with Gasteiger partial charge in [0.1, 0.15) is 27.5 Å². The van der Waals surface area contributed by atoms with E-state index in [0.717, 1.165) is 9.86 Å². The van der Waals surface area contributed by atoms with E-state index in [9.17, 15) is 12.8 Å². The Morgan fingerprint density at radius 1 is 1.19 bits per heavy atom. The minimum atomic E-state index is -3.68. The van der Waals surface area contributed by atoms with Crippen LogP contribution in [-0.2, 0) is 15.4 Å². The van der Waals surface area contributed by atoms with Crippen molar-refractivity contribution in [2.24, 2.45) is 10.7 Å². The van der Waals surface area contributed by atoms with E-state index in [1.54, 1.807) is 19.2 Å². The summed E-state index contributed by atoms with van der Waals surface area (Å²) < 4.78 is 40.0. The SMILES string of the molecule is CC1(c2cc(Nc3ncc(Br)c4cc(Cl)cnc34)ccc2F)CS(=O)(=O)C(C)(C)C(N)=N1. The number of pyridine rings is 2. The van der Waals surface area contributed by atoms with Gasteiger partial charge < -0.3 is 11.1 Å². The molecule has 2 aromatic heterocycles. The molecule has 1 unspecified atom stereocenters. The second-order valence-electron chi connectivity index (χ2n) is 8.36. The van der Waals surface area contributed by atoms with Crippen LogP contribution in [0.15, 0.2) is 46.1 Å². The minimum absolute atomic E-state index is 0.0503. The fraction of sp³-hybridized carbons (Fsp3) is 0.286. The van der Waals surface area contributed by atoms with E-state index in [-0.39, 0.29) is 17.2 Å². The Morgan fingerprint density at radius 3 is 2.59 bits per heavy atom. The van der Waals surface area contributed by atoms with Crippen molar-refractivity contribution < 1.29 is 12.8 Å². The highest BCUT2D eigenvalue weighted by Crippen LogP contribution is 2.39. The number of nitrogens with zero attached hydrogens (tertiary/aromatic N) is 3. The second-order valence-corrected chi connectivity index (χ2v) is 12.2. The zero-order valence-corrected chi connectivity index (χ0v) is 20.6. The number of benzene rings is 1. The van der Waals surface area contributed by atoms with Gasteiger partial charge in [-0.1, -0.05) is 11.6 Å². The van der Waals surface area contributed by atoms with Gasteiger partial charge in [0.05, 0.1) is 10.8 Å². The zero-order valence-electron chi connectivity index (χ0n) is 17.4. The molecule has 0 spiro atoms. The van der Waals surface area contributed by atoms with E-state index in [1.807, 2.05) is 0 Å². The van der Waals surface area contributed by atoms with Gasteiger partial charge in [-0.05, 0) is 61.0 Å². The third kappa shape index (κ3) is 3.74. The first-order valence-corrected chi connectivity index (χ1v) is 12.4. The van der Waals surface area contributed by atoms with E-state index in [4.69, 9.17) is 17.3 Å². The molecule has 11 heteroatoms. The summed E-state index contributed by atoms with van der Waals surface area (Å²) in [5.74, 6) is -0.565. The molecule has 1 aromatic carbocycles. The number of sulfone groups is 1. The predicted molar refractivity (Wildman–Crippen MR) is 129 cm³/mol. The van der Waals surface area contributed by atoms with Crippen molar-refractivity contribution in [3.8, 4) is 0 Å². The lowest BCUT2D eigenvalue weighted by Crippen LogP contribution is -2.54. The summed E-state index contributed by atoms with van der Waals surface area (Å²) in [5.41, 5.74) is 5.79. The Bertz CT molecular complexity index is 1400. The molecular weight excluding hydrogens is 521 g/mol. The summed E-state index contributed by atoms with van der Waals surface area (Å²) in [6.45, 7) is 4.56. The number of aliphatic imine (C=N–C) groups is 1. The molecule has 0 amide bonds. The number of hydrogen-bond donors (Lipinski definition) is 2. The average molecular weight is 541 g/mol. The summed E-state index contributed by atoms with van der Waals surface area (Å²) in [6.07, 6.45) is 3.11. The van der Waals surface area contributed by atoms with Crippen molar-refractivity contribution >= 4 is 65.6 Å². The molecule has 0 saturated carbocycles. The van der Waals surface area contributed by atoms with Crippen LogP contribution in [0.3, 0.4) is 0 Å². The van der Waals surface area contributed by atoms with Gasteiger partial charge >= 0.3 is 0 Å². The molecule has 1 aliphatic rings. The van der Waals surface area contributed by atoms with E-state index in [2.05, 4.69) is 36.2 Å². The summed E-state index contributed by atoms with van der Waals surface area (Å²) in [6, 6.07) is 6.06. The Hall–Kier alpha value is -2.30. The normalized spacial score (nSPS) is 21.9. The fourth-order valence-corrected chi connectivity index (χ4v) is 5.83. The molecule has 3 heterocycles. The topological polar surface area (TPSA) is 110 Å². The summed E-state index contributed by atoms with van der Waals surface area (Å²) >= 11 is 9.49. The average Bonchev–Trinajstić information content (AvgIpc) is 2.70. The third-order valence-electron chi connectivity index (χ3n) is 5.68. The molecule has 3 aromatic rings. The number of rotatable bonds is 3. The quantitative estimate of drug-likeness (QED) is 0.498. The summed E-state index contributed by atoms with van der Waals surface area (Å²) in [7, 11) is -3.68. The highest BCUT2D eigenvalue weighted by atomic mass is 79.9. The first kappa shape index (κ1) is 22.9. The lowest BCUT2D eigenvalue weighted by Gasteiger charge is -2.38. The largest absolute Gasteiger partial charge is 0.386 e. The van der Waals surface area contributed by atoms with E-state index in [1.165, 1.54) is 38.2 Å². The fourth-order valence-electron chi connectivity index (χ4n) is 3.59. The molecule has 1 aliphatic heterocycles. The Kier molecular flexibility index (Phi) is 5.46. The lowest BCUT2D eigenvalue weighted by molar-refractivity contribution is 0.476. The number of anilines is 2. The molecular formula is C21H20BrClFN5O2S. The van der Waals surface area contributed by atoms with Crippen molar-refractivity contribution in [3.63, 3.8) is 0 Å². The number of amidine groups is 1. The maximum Gasteiger partial charge on any atom is 0.165 e. The number of halogens is 3. The molecule has 168 valence electrons. The number of nitrogens with one attached hydrogen (secondary N) is 1. The lowest BCUT2D eigenvalue weighted by atomic mass is 9.92. The van der Waals surface area contributed by atoms with Gasteiger partial charge in [-0.15, -0.1) is 0 Å². The van der Waals surface area contributed by atoms with Crippen molar-refractivity contribution in [2.75, 3.05) is 11.1 Å². The highest BCUT2D eigenvalue weighted by molar-refractivity contribution is 9.10. The molecule has 0 saturated heterocycles. The van der Waals surface area contributed by atoms with E-state index >= 15 is 0 Å². The molecule has 0 aliphatic carbocycles. The smallest absolute Gasteiger partial charge is 0.165 e. The van der Waals surface area contributed by atoms with Gasteiger partial charge in [-0.25, -0.2) is 17.8 Å². The van der Waals surface area contributed by atoms with Crippen LogP contribution in [0.2, 0.25) is 5.02 Å². The molecule has 0 fully saturated rings. The predicted octanol–water partition coefficient (Wildman–Crippen LogP) is 4.71. The van der Waals surface area contributed by atoms with Crippen LogP contribution in [0.4, 0.5) is 15.9 Å². The standard InChI is InChI=1S/C21H20BrClFN5O2S/c1-20(2)19(25)29-21(3,10-32(20,30)31)14-7-12(4-5-16(14)24)28-18-17-13(15(22)9-27-18)6-11(23)8-26-17/h4-9H,10H2,1-3H3,(H2,25,29)(H,27,28). The maximum atomic E-state index is 14.9. The van der Waals surface area contributed by atoms with Gasteiger partial charge in [0.2, 0.25) is 0 Å². The van der Waals surface area contributed by atoms with Crippen LogP contribution in [-0.4, -0.2) is 34.7 Å². The van der Waals surface area contributed by atoms with Crippen LogP contribution >= 0.6 is 27.5 Å². The third-order valence-corrected chi connectivity index (χ3v) is 9.23. The minimum Gasteiger partial charge on any atom is -0.386 e. The first-order valence-electron chi connectivity index (χ1n) is 9.59. The van der Waals surface area contributed by atoms with E-state index in [0.29, 0.717) is 22.0 Å². The van der Waals surface area contributed by atoms with Gasteiger partial charge in [0.25, 0.3) is 0 Å². The van der Waals surface area contributed by atoms with Crippen molar-refractivity contribution in [2.45, 2.75) is 31.1 Å². The summed E-state index contributed by atoms with van der Waals surface area (Å²) in [5, 5.41) is 4.36. The van der Waals surface area contributed by atoms with Crippen LogP contribution < -0.4 is 11.1 Å². The van der Waals surface area contributed by atoms with E-state index < -0.39 is 25.9 Å². The van der Waals surface area contributed by atoms with Crippen molar-refractivity contribution in [1.82, 2.24) is 9.97 Å². The molecule has 4 rings (SSSR count). The van der Waals surface area contributed by atoms with Crippen LogP contribution in [0, 0.1) is 5.82 Å². The maximum absolute atomic E-state index is 14.9. The molecule has 0 radical (unpaired) electrons. The Morgan fingerprint density at radius 2 is 1.91 bits per heavy atom. The highest BCUT2D eigenvalue weighted by Gasteiger charge is 2.49. The number of fused-ring (bicyclic) bond motifs is 1. The molecule has 3 N–H and O–H groups in total. The first-order chi connectivity index (χ1) is 14.8. The van der Waals surface area contributed by atoms with Crippen LogP contribution in [0.5, 0.6) is 0 Å².